The van der Waals surface area contributed by atoms with Crippen molar-refractivity contribution in [3.63, 3.8) is 0 Å². The van der Waals surface area contributed by atoms with Crippen LogP contribution in [0.15, 0.2) is 53.8 Å². The molecule has 0 amide bonds. The molecule has 192 valence electrons. The Morgan fingerprint density at radius 2 is 1.95 bits per heavy atom. The topological polar surface area (TPSA) is 110 Å². The summed E-state index contributed by atoms with van der Waals surface area (Å²) in [6.45, 7) is 5.96. The van der Waals surface area contributed by atoms with Crippen molar-refractivity contribution >= 4 is 57.4 Å². The van der Waals surface area contributed by atoms with Crippen molar-refractivity contribution in [2.24, 2.45) is 5.10 Å². The number of H-pyrrole nitrogens is 1. The monoisotopic (exact) mass is 521 g/mol. The second-order valence-electron chi connectivity index (χ2n) is 8.27. The second-order valence-corrected chi connectivity index (χ2v) is 8.71. The second kappa shape index (κ2) is 11.7. The number of unbranched alkanes of at least 4 members (excludes halogenated alkanes) is 1. The summed E-state index contributed by atoms with van der Waals surface area (Å²) in [5.74, 6) is -1.22. The van der Waals surface area contributed by atoms with Crippen molar-refractivity contribution < 1.29 is 19.1 Å². The number of rotatable bonds is 9. The van der Waals surface area contributed by atoms with E-state index in [0.29, 0.717) is 27.3 Å². The molecule has 0 radical (unpaired) electrons. The number of halogens is 1. The summed E-state index contributed by atoms with van der Waals surface area (Å²) in [6, 6.07) is 12.6. The highest BCUT2D eigenvalue weighted by Gasteiger charge is 2.23. The summed E-state index contributed by atoms with van der Waals surface area (Å²) in [5.41, 5.74) is 5.91. The first kappa shape index (κ1) is 26.0. The highest BCUT2D eigenvalue weighted by molar-refractivity contribution is 6.43. The molecule has 0 atom stereocenters. The molecular weight excluding hydrogens is 494 g/mol. The SMILES string of the molecule is CCCCOC(=O)/C=c1/c(/C(=N/Nc2ccc(Cl)cc2)C(=O)OCC)c(C)[nH]c2cccc3cnn1c32. The number of hydrogen-bond acceptors (Lipinski definition) is 7. The largest absolute Gasteiger partial charge is 0.462 e. The lowest BCUT2D eigenvalue weighted by molar-refractivity contribution is -0.136. The van der Waals surface area contributed by atoms with Gasteiger partial charge >= 0.3 is 11.9 Å². The molecule has 4 rings (SSSR count). The predicted molar refractivity (Wildman–Crippen MR) is 144 cm³/mol. The van der Waals surface area contributed by atoms with Gasteiger partial charge in [0.1, 0.15) is 0 Å². The van der Waals surface area contributed by atoms with E-state index in [1.165, 1.54) is 6.08 Å². The Hall–Kier alpha value is -4.11. The van der Waals surface area contributed by atoms with Crippen LogP contribution in [0, 0.1) is 6.92 Å². The van der Waals surface area contributed by atoms with E-state index < -0.39 is 11.9 Å². The Morgan fingerprint density at radius 3 is 2.68 bits per heavy atom. The molecule has 2 aromatic heterocycles. The summed E-state index contributed by atoms with van der Waals surface area (Å²) in [7, 11) is 0. The zero-order chi connectivity index (χ0) is 26.4. The van der Waals surface area contributed by atoms with Gasteiger partial charge in [-0.1, -0.05) is 37.1 Å². The van der Waals surface area contributed by atoms with E-state index in [4.69, 9.17) is 21.1 Å². The van der Waals surface area contributed by atoms with Crippen molar-refractivity contribution in [1.29, 1.82) is 0 Å². The number of hydrogen-bond donors (Lipinski definition) is 2. The summed E-state index contributed by atoms with van der Waals surface area (Å²) in [4.78, 5) is 29.4. The molecule has 2 aromatic carbocycles. The number of carbonyl (C=O) groups excluding carboxylic acids is 2. The molecule has 0 fully saturated rings. The van der Waals surface area contributed by atoms with Crippen LogP contribution in [0.3, 0.4) is 0 Å². The molecule has 0 aliphatic heterocycles. The number of anilines is 1. The minimum atomic E-state index is -0.667. The number of ether oxygens (including phenoxy) is 2. The van der Waals surface area contributed by atoms with Gasteiger partial charge in [-0.3, -0.25) is 5.43 Å². The van der Waals surface area contributed by atoms with Gasteiger partial charge in [-0.15, -0.1) is 0 Å². The van der Waals surface area contributed by atoms with Crippen LogP contribution in [0.1, 0.15) is 37.9 Å². The molecule has 0 spiro atoms. The van der Waals surface area contributed by atoms with E-state index >= 15 is 0 Å². The lowest BCUT2D eigenvalue weighted by Gasteiger charge is -2.10. The molecule has 2 N–H and O–H groups in total. The third-order valence-electron chi connectivity index (χ3n) is 5.62. The first-order valence-electron chi connectivity index (χ1n) is 12.0. The molecule has 9 nitrogen and oxygen atoms in total. The maximum Gasteiger partial charge on any atom is 0.359 e. The van der Waals surface area contributed by atoms with Gasteiger partial charge in [0.2, 0.25) is 0 Å². The predicted octanol–water partition coefficient (Wildman–Crippen LogP) is 4.56. The summed E-state index contributed by atoms with van der Waals surface area (Å²) in [6.07, 6.45) is 4.67. The fraction of sp³-hybridized carbons (Fsp3) is 0.259. The smallest absolute Gasteiger partial charge is 0.359 e. The van der Waals surface area contributed by atoms with Gasteiger partial charge in [-0.2, -0.15) is 10.2 Å². The molecule has 0 saturated heterocycles. The number of carbonyl (C=O) groups is 2. The summed E-state index contributed by atoms with van der Waals surface area (Å²) < 4.78 is 12.4. The number of esters is 2. The van der Waals surface area contributed by atoms with Crippen LogP contribution >= 0.6 is 11.6 Å². The van der Waals surface area contributed by atoms with E-state index in [9.17, 15) is 9.59 Å². The van der Waals surface area contributed by atoms with Crippen LogP contribution in [-0.4, -0.2) is 45.5 Å². The average molecular weight is 522 g/mol. The molecule has 37 heavy (non-hydrogen) atoms. The number of para-hydroxylation sites is 1. The Morgan fingerprint density at radius 1 is 1.16 bits per heavy atom. The number of aromatic nitrogens is 3. The van der Waals surface area contributed by atoms with Crippen molar-refractivity contribution in [3.8, 4) is 0 Å². The van der Waals surface area contributed by atoms with Gasteiger partial charge in [0, 0.05) is 22.2 Å². The van der Waals surface area contributed by atoms with Gasteiger partial charge in [-0.25, -0.2) is 14.1 Å². The normalized spacial score (nSPS) is 12.2. The van der Waals surface area contributed by atoms with Crippen molar-refractivity contribution in [3.05, 3.63) is 70.3 Å². The number of benzene rings is 2. The van der Waals surface area contributed by atoms with Crippen LogP contribution in [0.5, 0.6) is 0 Å². The summed E-state index contributed by atoms with van der Waals surface area (Å²) in [5, 5.41) is 10.7. The van der Waals surface area contributed by atoms with Crippen molar-refractivity contribution in [2.45, 2.75) is 33.6 Å². The molecule has 10 heteroatoms. The van der Waals surface area contributed by atoms with Gasteiger partial charge in [0.25, 0.3) is 0 Å². The lowest BCUT2D eigenvalue weighted by Crippen LogP contribution is -2.31. The first-order valence-corrected chi connectivity index (χ1v) is 12.4. The molecule has 4 aromatic rings. The van der Waals surface area contributed by atoms with Crippen LogP contribution in [0.25, 0.3) is 22.5 Å². The maximum absolute atomic E-state index is 13.2. The van der Waals surface area contributed by atoms with Crippen LogP contribution < -0.4 is 10.8 Å². The van der Waals surface area contributed by atoms with E-state index in [-0.39, 0.29) is 18.9 Å². The molecule has 0 aliphatic rings. The summed E-state index contributed by atoms with van der Waals surface area (Å²) >= 11 is 6.00. The van der Waals surface area contributed by atoms with Gasteiger partial charge in [-0.05, 0) is 50.6 Å². The standard InChI is InChI=1S/C27H28ClN5O4/c1-4-6-14-37-23(34)15-22-24(17(3)30-21-9-7-8-18-16-29-33(22)26(18)21)25(27(35)36-5-2)32-31-20-12-10-19(28)11-13-20/h7-13,15-16,30-31H,4-6,14H2,1-3H3/b22-15-,32-25-. The zero-order valence-corrected chi connectivity index (χ0v) is 21.6. The Bertz CT molecular complexity index is 1540. The average Bonchev–Trinajstić information content (AvgIpc) is 3.27. The fourth-order valence-corrected chi connectivity index (χ4v) is 4.00. The van der Waals surface area contributed by atoms with Crippen molar-refractivity contribution in [2.75, 3.05) is 18.6 Å². The third-order valence-corrected chi connectivity index (χ3v) is 5.87. The Kier molecular flexibility index (Phi) is 8.25. The van der Waals surface area contributed by atoms with Crippen LogP contribution in [-0.2, 0) is 19.1 Å². The lowest BCUT2D eigenvalue weighted by atomic mass is 10.1. The number of nitrogens with one attached hydrogen (secondary N) is 2. The van der Waals surface area contributed by atoms with E-state index in [2.05, 4.69) is 20.6 Å². The highest BCUT2D eigenvalue weighted by Crippen LogP contribution is 2.19. The quantitative estimate of drug-likeness (QED) is 0.145. The Labute approximate surface area is 218 Å². The third kappa shape index (κ3) is 5.83. The highest BCUT2D eigenvalue weighted by atomic mass is 35.5. The van der Waals surface area contributed by atoms with E-state index in [1.54, 1.807) is 48.8 Å². The number of nitrogens with zero attached hydrogens (tertiary/aromatic N) is 3. The zero-order valence-electron chi connectivity index (χ0n) is 20.9. The van der Waals surface area contributed by atoms with Crippen LogP contribution in [0.4, 0.5) is 5.69 Å². The maximum atomic E-state index is 13.2. The molecule has 2 heterocycles. The van der Waals surface area contributed by atoms with Gasteiger partial charge in [0.15, 0.2) is 5.71 Å². The number of hydrazone groups is 1. The van der Waals surface area contributed by atoms with Crippen LogP contribution in [0.2, 0.25) is 5.02 Å². The first-order chi connectivity index (χ1) is 17.9. The fourth-order valence-electron chi connectivity index (χ4n) is 3.88. The molecule has 0 aliphatic carbocycles. The minimum absolute atomic E-state index is 0.0362. The molecule has 0 bridgehead atoms. The number of aromatic amines is 1. The minimum Gasteiger partial charge on any atom is -0.462 e. The number of aryl methyl sites for hydroxylation is 1. The molecule has 0 saturated carbocycles. The molecule has 0 unspecified atom stereocenters. The van der Waals surface area contributed by atoms with E-state index in [0.717, 1.165) is 29.3 Å². The van der Waals surface area contributed by atoms with Gasteiger partial charge < -0.3 is 14.5 Å². The van der Waals surface area contributed by atoms with Crippen molar-refractivity contribution in [1.82, 2.24) is 14.6 Å². The Balaban J connectivity index is 2.00. The molecular formula is C27H28ClN5O4. The van der Waals surface area contributed by atoms with Gasteiger partial charge in [0.05, 0.1) is 47.0 Å². The van der Waals surface area contributed by atoms with E-state index in [1.807, 2.05) is 25.1 Å².